The Bertz CT molecular complexity index is 452. The third kappa shape index (κ3) is 5.47. The quantitative estimate of drug-likeness (QED) is 0.367. The molecule has 0 aromatic rings. The van der Waals surface area contributed by atoms with Gasteiger partial charge in [-0.25, -0.2) is 4.99 Å². The first-order valence-corrected chi connectivity index (χ1v) is 8.33. The van der Waals surface area contributed by atoms with Crippen LogP contribution in [0, 0.1) is 11.3 Å². The van der Waals surface area contributed by atoms with Gasteiger partial charge in [0.05, 0.1) is 5.60 Å². The lowest BCUT2D eigenvalue weighted by Gasteiger charge is -2.59. The van der Waals surface area contributed by atoms with Gasteiger partial charge >= 0.3 is 0 Å². The van der Waals surface area contributed by atoms with Crippen LogP contribution >= 0.6 is 24.0 Å². The van der Waals surface area contributed by atoms with Crippen molar-refractivity contribution in [3.8, 4) is 0 Å². The number of carbonyl (C=O) groups excluding carboxylic acids is 1. The molecule has 0 spiro atoms. The minimum absolute atomic E-state index is 0. The summed E-state index contributed by atoms with van der Waals surface area (Å²) in [5.41, 5.74) is -0.138. The maximum atomic E-state index is 11.8. The van der Waals surface area contributed by atoms with Crippen molar-refractivity contribution < 1.29 is 9.53 Å². The minimum atomic E-state index is -0.132. The van der Waals surface area contributed by atoms with E-state index in [-0.39, 0.29) is 53.5 Å². The highest BCUT2D eigenvalue weighted by Crippen LogP contribution is 2.51. The van der Waals surface area contributed by atoms with Gasteiger partial charge in [-0.15, -0.1) is 24.0 Å². The number of nitrogens with zero attached hydrogens (tertiary/aromatic N) is 2. The second-order valence-corrected chi connectivity index (χ2v) is 7.79. The molecule has 6 nitrogen and oxygen atoms in total. The summed E-state index contributed by atoms with van der Waals surface area (Å²) in [7, 11) is 5.25. The number of ether oxygens (including phenoxy) is 1. The molecule has 1 saturated carbocycles. The SMILES string of the molecule is COC1(C)CC(NC(=NCC(=O)N(C)C)NCC(C)C)C1(C)C.I. The van der Waals surface area contributed by atoms with Crippen molar-refractivity contribution in [3.05, 3.63) is 0 Å². The molecule has 0 saturated heterocycles. The van der Waals surface area contributed by atoms with E-state index in [9.17, 15) is 4.79 Å². The van der Waals surface area contributed by atoms with Crippen LogP contribution < -0.4 is 10.6 Å². The summed E-state index contributed by atoms with van der Waals surface area (Å²) in [5.74, 6) is 1.19. The van der Waals surface area contributed by atoms with Gasteiger partial charge in [0.2, 0.25) is 5.91 Å². The molecule has 0 bridgehead atoms. The van der Waals surface area contributed by atoms with Gasteiger partial charge in [-0.2, -0.15) is 0 Å². The minimum Gasteiger partial charge on any atom is -0.378 e. The maximum Gasteiger partial charge on any atom is 0.243 e. The number of guanidine groups is 1. The van der Waals surface area contributed by atoms with Crippen LogP contribution in [-0.4, -0.2) is 62.7 Å². The first kappa shape index (κ1) is 23.4. The van der Waals surface area contributed by atoms with Gasteiger partial charge in [0.25, 0.3) is 0 Å². The van der Waals surface area contributed by atoms with E-state index in [1.54, 1.807) is 26.1 Å². The molecule has 1 aliphatic carbocycles. The Kier molecular flexibility index (Phi) is 9.00. The van der Waals surface area contributed by atoms with E-state index in [0.717, 1.165) is 13.0 Å². The van der Waals surface area contributed by atoms with Gasteiger partial charge < -0.3 is 20.3 Å². The van der Waals surface area contributed by atoms with Gasteiger partial charge in [-0.3, -0.25) is 4.79 Å². The van der Waals surface area contributed by atoms with Crippen LogP contribution in [0.25, 0.3) is 0 Å². The first-order valence-electron chi connectivity index (χ1n) is 8.33. The molecule has 7 heteroatoms. The van der Waals surface area contributed by atoms with E-state index in [0.29, 0.717) is 11.9 Å². The number of halogens is 1. The molecule has 24 heavy (non-hydrogen) atoms. The molecule has 2 N–H and O–H groups in total. The second-order valence-electron chi connectivity index (χ2n) is 7.79. The summed E-state index contributed by atoms with van der Waals surface area (Å²) in [4.78, 5) is 17.8. The molecule has 1 fully saturated rings. The summed E-state index contributed by atoms with van der Waals surface area (Å²) in [5, 5.41) is 6.79. The largest absolute Gasteiger partial charge is 0.378 e. The molecule has 0 aliphatic heterocycles. The molecule has 2 atom stereocenters. The molecule has 1 amide bonds. The number of methoxy groups -OCH3 is 1. The van der Waals surface area contributed by atoms with Crippen LogP contribution in [0.5, 0.6) is 0 Å². The Morgan fingerprint density at radius 3 is 2.33 bits per heavy atom. The maximum absolute atomic E-state index is 11.8. The Morgan fingerprint density at radius 2 is 1.92 bits per heavy atom. The zero-order valence-electron chi connectivity index (χ0n) is 16.4. The monoisotopic (exact) mass is 454 g/mol. The summed E-state index contributed by atoms with van der Waals surface area (Å²) in [6.45, 7) is 11.8. The van der Waals surface area contributed by atoms with Crippen LogP contribution in [0.1, 0.15) is 41.0 Å². The molecule has 0 aromatic carbocycles. The van der Waals surface area contributed by atoms with E-state index in [4.69, 9.17) is 4.74 Å². The summed E-state index contributed by atoms with van der Waals surface area (Å²) in [6, 6.07) is 0.264. The van der Waals surface area contributed by atoms with Crippen LogP contribution in [0.15, 0.2) is 4.99 Å². The number of likely N-dealkylation sites (N-methyl/N-ethyl adjacent to an activating group) is 1. The number of carbonyl (C=O) groups is 1. The number of hydrogen-bond donors (Lipinski definition) is 2. The fourth-order valence-corrected chi connectivity index (χ4v) is 2.63. The van der Waals surface area contributed by atoms with Crippen molar-refractivity contribution in [1.82, 2.24) is 15.5 Å². The molecule has 0 radical (unpaired) electrons. The molecule has 0 aromatic heterocycles. The van der Waals surface area contributed by atoms with Gasteiger partial charge in [0.1, 0.15) is 6.54 Å². The smallest absolute Gasteiger partial charge is 0.243 e. The van der Waals surface area contributed by atoms with E-state index >= 15 is 0 Å². The van der Waals surface area contributed by atoms with Crippen molar-refractivity contribution in [2.24, 2.45) is 16.3 Å². The van der Waals surface area contributed by atoms with Gasteiger partial charge in [-0.05, 0) is 19.3 Å². The molecule has 0 heterocycles. The van der Waals surface area contributed by atoms with Crippen molar-refractivity contribution >= 4 is 35.8 Å². The van der Waals surface area contributed by atoms with Gasteiger partial charge in [-0.1, -0.05) is 27.7 Å². The van der Waals surface area contributed by atoms with E-state index in [1.165, 1.54) is 0 Å². The fraction of sp³-hybridized carbons (Fsp3) is 0.882. The number of aliphatic imine (C=N–C) groups is 1. The number of amides is 1. The Balaban J connectivity index is 0.00000529. The van der Waals surface area contributed by atoms with Crippen molar-refractivity contribution in [1.29, 1.82) is 0 Å². The molecule has 142 valence electrons. The molecular weight excluding hydrogens is 419 g/mol. The van der Waals surface area contributed by atoms with Crippen molar-refractivity contribution in [2.45, 2.75) is 52.7 Å². The fourth-order valence-electron chi connectivity index (χ4n) is 2.63. The van der Waals surface area contributed by atoms with Crippen molar-refractivity contribution in [2.75, 3.05) is 34.3 Å². The predicted octanol–water partition coefficient (Wildman–Crippen LogP) is 2.09. The Labute approximate surface area is 164 Å². The van der Waals surface area contributed by atoms with Crippen molar-refractivity contribution in [3.63, 3.8) is 0 Å². The predicted molar refractivity (Wildman–Crippen MR) is 110 cm³/mol. The van der Waals surface area contributed by atoms with Crippen LogP contribution in [0.3, 0.4) is 0 Å². The van der Waals surface area contributed by atoms with E-state index < -0.39 is 0 Å². The first-order chi connectivity index (χ1) is 10.5. The standard InChI is InChI=1S/C17H34N4O2.HI/c1-12(2)10-18-15(19-11-14(22)21(6)7)20-13-9-17(5,23-8)16(13,3)4;/h12-13H,9-11H2,1-8H3,(H2,18,19,20);1H. The second kappa shape index (κ2) is 9.22. The third-order valence-electron chi connectivity index (χ3n) is 5.14. The molecule has 1 rings (SSSR count). The van der Waals surface area contributed by atoms with Gasteiger partial charge in [0, 0.05) is 39.2 Å². The lowest BCUT2D eigenvalue weighted by molar-refractivity contribution is -0.176. The highest BCUT2D eigenvalue weighted by atomic mass is 127. The zero-order valence-corrected chi connectivity index (χ0v) is 18.7. The van der Waals surface area contributed by atoms with Crippen LogP contribution in [-0.2, 0) is 9.53 Å². The average Bonchev–Trinajstić information content (AvgIpc) is 2.47. The number of nitrogens with one attached hydrogen (secondary N) is 2. The number of hydrogen-bond acceptors (Lipinski definition) is 3. The summed E-state index contributed by atoms with van der Waals surface area (Å²) < 4.78 is 5.67. The Hall–Kier alpha value is -0.570. The third-order valence-corrected chi connectivity index (χ3v) is 5.14. The molecule has 1 aliphatic rings. The summed E-state index contributed by atoms with van der Waals surface area (Å²) >= 11 is 0. The van der Waals surface area contributed by atoms with Crippen LogP contribution in [0.2, 0.25) is 0 Å². The average molecular weight is 454 g/mol. The highest BCUT2D eigenvalue weighted by molar-refractivity contribution is 14.0. The highest BCUT2D eigenvalue weighted by Gasteiger charge is 2.58. The summed E-state index contributed by atoms with van der Waals surface area (Å²) in [6.07, 6.45) is 0.917. The van der Waals surface area contributed by atoms with E-state index in [2.05, 4.69) is 50.2 Å². The molecular formula is C17H35IN4O2. The molecule has 2 unspecified atom stereocenters. The lowest BCUT2D eigenvalue weighted by Crippen LogP contribution is -2.69. The topological polar surface area (TPSA) is 66.0 Å². The van der Waals surface area contributed by atoms with Gasteiger partial charge in [0.15, 0.2) is 5.96 Å². The lowest BCUT2D eigenvalue weighted by atomic mass is 9.56. The zero-order chi connectivity index (χ0) is 17.8. The number of rotatable bonds is 6. The van der Waals surface area contributed by atoms with Crippen LogP contribution in [0.4, 0.5) is 0 Å². The Morgan fingerprint density at radius 1 is 1.33 bits per heavy atom. The normalized spacial score (nSPS) is 25.5. The van der Waals surface area contributed by atoms with E-state index in [1.807, 2.05) is 0 Å².